The van der Waals surface area contributed by atoms with Crippen LogP contribution in [0.4, 0.5) is 0 Å². The van der Waals surface area contributed by atoms with Gasteiger partial charge in [0.05, 0.1) is 31.1 Å². The van der Waals surface area contributed by atoms with Gasteiger partial charge in [0.15, 0.2) is 11.9 Å². The number of pyridine rings is 1. The molecule has 3 aromatic rings. The number of rotatable bonds is 3. The summed E-state index contributed by atoms with van der Waals surface area (Å²) in [4.78, 5) is 32.5. The first-order valence-corrected chi connectivity index (χ1v) is 8.05. The van der Waals surface area contributed by atoms with Crippen molar-refractivity contribution in [2.24, 2.45) is 0 Å². The molecule has 1 fully saturated rings. The Hall–Kier alpha value is -2.86. The van der Waals surface area contributed by atoms with Crippen LogP contribution < -0.4 is 5.56 Å². The molecule has 0 amide bonds. The summed E-state index contributed by atoms with van der Waals surface area (Å²) in [5.74, 6) is -0.664. The number of aliphatic hydroxyl groups is 3. The van der Waals surface area contributed by atoms with Crippen molar-refractivity contribution in [2.75, 3.05) is 13.7 Å². The van der Waals surface area contributed by atoms with Crippen LogP contribution in [0.25, 0.3) is 16.7 Å². The fourth-order valence-electron chi connectivity index (χ4n) is 3.19. The maximum Gasteiger partial charge on any atom is 0.338 e. The van der Waals surface area contributed by atoms with Gasteiger partial charge in [-0.25, -0.2) is 14.8 Å². The Morgan fingerprint density at radius 1 is 1.26 bits per heavy atom. The van der Waals surface area contributed by atoms with Gasteiger partial charge in [-0.2, -0.15) is 0 Å². The quantitative estimate of drug-likeness (QED) is 0.462. The summed E-state index contributed by atoms with van der Waals surface area (Å²) in [6.07, 6.45) is -1.94. The lowest BCUT2D eigenvalue weighted by Gasteiger charge is -2.16. The number of aromatic nitrogens is 4. The zero-order valence-electron chi connectivity index (χ0n) is 14.1. The number of aliphatic hydroxyl groups excluding tert-OH is 3. The number of fused-ring (bicyclic) bond motifs is 3. The van der Waals surface area contributed by atoms with Crippen molar-refractivity contribution in [2.45, 2.75) is 24.5 Å². The summed E-state index contributed by atoms with van der Waals surface area (Å²) < 4.78 is 12.8. The summed E-state index contributed by atoms with van der Waals surface area (Å²) in [6, 6.07) is 2.58. The fourth-order valence-corrected chi connectivity index (χ4v) is 3.19. The predicted octanol–water partition coefficient (Wildman–Crippen LogP) is -1.56. The number of nitrogens with zero attached hydrogens (tertiary/aromatic N) is 4. The lowest BCUT2D eigenvalue weighted by Crippen LogP contribution is -2.33. The molecule has 1 saturated heterocycles. The maximum atomic E-state index is 12.3. The van der Waals surface area contributed by atoms with Gasteiger partial charge in [-0.3, -0.25) is 13.8 Å². The van der Waals surface area contributed by atoms with Crippen LogP contribution in [0.3, 0.4) is 0 Å². The van der Waals surface area contributed by atoms with Crippen molar-refractivity contribution in [1.82, 2.24) is 18.9 Å². The van der Waals surface area contributed by atoms with E-state index < -0.39 is 42.7 Å². The van der Waals surface area contributed by atoms with Crippen LogP contribution in [0, 0.1) is 0 Å². The Bertz CT molecular complexity index is 1090. The SMILES string of the molecule is COC(=O)c1cc(=O)n2cnc3c(ncn3[C@@H]3O[C@@H](CO)[C@@H](O)[C@H]3O)c2c1. The van der Waals surface area contributed by atoms with Crippen molar-refractivity contribution in [3.05, 3.63) is 40.7 Å². The second-order valence-corrected chi connectivity index (χ2v) is 6.13. The van der Waals surface area contributed by atoms with Crippen LogP contribution in [0.5, 0.6) is 0 Å². The van der Waals surface area contributed by atoms with E-state index in [1.807, 2.05) is 0 Å². The van der Waals surface area contributed by atoms with E-state index in [-0.39, 0.29) is 16.7 Å². The van der Waals surface area contributed by atoms with E-state index in [2.05, 4.69) is 14.7 Å². The molecule has 142 valence electrons. The van der Waals surface area contributed by atoms with E-state index in [9.17, 15) is 24.9 Å². The van der Waals surface area contributed by atoms with Crippen LogP contribution in [0.15, 0.2) is 29.6 Å². The minimum Gasteiger partial charge on any atom is -0.465 e. The third-order valence-electron chi connectivity index (χ3n) is 4.59. The highest BCUT2D eigenvalue weighted by Gasteiger charge is 2.44. The van der Waals surface area contributed by atoms with Crippen molar-refractivity contribution in [3.8, 4) is 0 Å². The molecule has 4 rings (SSSR count). The summed E-state index contributed by atoms with van der Waals surface area (Å²) in [5, 5.41) is 29.4. The van der Waals surface area contributed by atoms with Gasteiger partial charge in [0.25, 0.3) is 5.56 Å². The van der Waals surface area contributed by atoms with Crippen LogP contribution in [0.1, 0.15) is 16.6 Å². The van der Waals surface area contributed by atoms with Crippen molar-refractivity contribution >= 4 is 22.6 Å². The average molecular weight is 376 g/mol. The molecule has 0 aliphatic carbocycles. The third-order valence-corrected chi connectivity index (χ3v) is 4.59. The fraction of sp³-hybridized carbons (Fsp3) is 0.375. The summed E-state index contributed by atoms with van der Waals surface area (Å²) in [6.45, 7) is -0.463. The number of esters is 1. The van der Waals surface area contributed by atoms with Crippen molar-refractivity contribution < 1.29 is 29.6 Å². The molecule has 3 aromatic heterocycles. The van der Waals surface area contributed by atoms with Crippen molar-refractivity contribution in [1.29, 1.82) is 0 Å². The van der Waals surface area contributed by atoms with Gasteiger partial charge in [0.1, 0.15) is 30.2 Å². The lowest BCUT2D eigenvalue weighted by atomic mass is 10.1. The van der Waals surface area contributed by atoms with Gasteiger partial charge in [0.2, 0.25) is 0 Å². The minimum absolute atomic E-state index is 0.0671. The van der Waals surface area contributed by atoms with Crippen molar-refractivity contribution in [3.63, 3.8) is 0 Å². The van der Waals surface area contributed by atoms with E-state index in [1.54, 1.807) is 0 Å². The second-order valence-electron chi connectivity index (χ2n) is 6.13. The number of ether oxygens (including phenoxy) is 2. The first-order valence-electron chi connectivity index (χ1n) is 8.05. The predicted molar refractivity (Wildman–Crippen MR) is 89.1 cm³/mol. The standard InChI is InChI=1S/C16H16N4O7/c1-26-16(25)7-2-8-11-14(18-6-19(8)10(22)3-7)20(5-17-11)15-13(24)12(23)9(4-21)27-15/h2-3,5-6,9,12-13,15,21,23-24H,4H2,1H3/t9-,12+,13+,15+/m0/s1. The molecule has 27 heavy (non-hydrogen) atoms. The molecule has 11 nitrogen and oxygen atoms in total. The monoisotopic (exact) mass is 376 g/mol. The summed E-state index contributed by atoms with van der Waals surface area (Å²) in [5.41, 5.74) is 0.463. The van der Waals surface area contributed by atoms with E-state index >= 15 is 0 Å². The molecular formula is C16H16N4O7. The van der Waals surface area contributed by atoms with Gasteiger partial charge >= 0.3 is 5.97 Å². The zero-order valence-corrected chi connectivity index (χ0v) is 14.1. The molecule has 11 heteroatoms. The molecule has 0 unspecified atom stereocenters. The smallest absolute Gasteiger partial charge is 0.338 e. The minimum atomic E-state index is -1.30. The van der Waals surface area contributed by atoms with E-state index in [1.165, 1.54) is 34.8 Å². The van der Waals surface area contributed by atoms with Gasteiger partial charge in [-0.1, -0.05) is 0 Å². The normalized spacial score (nSPS) is 25.3. The first-order chi connectivity index (χ1) is 13.0. The van der Waals surface area contributed by atoms with E-state index in [0.717, 1.165) is 6.07 Å². The first kappa shape index (κ1) is 17.5. The van der Waals surface area contributed by atoms with E-state index in [4.69, 9.17) is 4.74 Å². The Labute approximate surface area is 151 Å². The highest BCUT2D eigenvalue weighted by molar-refractivity contribution is 5.95. The molecular weight excluding hydrogens is 360 g/mol. The number of imidazole rings is 1. The van der Waals surface area contributed by atoms with Crippen LogP contribution in [-0.4, -0.2) is 72.3 Å². The third kappa shape index (κ3) is 2.59. The Balaban J connectivity index is 1.89. The van der Waals surface area contributed by atoms with Gasteiger partial charge in [-0.05, 0) is 6.07 Å². The van der Waals surface area contributed by atoms with Gasteiger partial charge in [0, 0.05) is 6.07 Å². The highest BCUT2D eigenvalue weighted by atomic mass is 16.6. The second kappa shape index (κ2) is 6.39. The molecule has 1 aliphatic heterocycles. The molecule has 3 N–H and O–H groups in total. The molecule has 0 aromatic carbocycles. The largest absolute Gasteiger partial charge is 0.465 e. The molecule has 1 aliphatic rings. The van der Waals surface area contributed by atoms with Crippen LogP contribution in [-0.2, 0) is 9.47 Å². The van der Waals surface area contributed by atoms with Gasteiger partial charge in [-0.15, -0.1) is 0 Å². The van der Waals surface area contributed by atoms with Crippen LogP contribution >= 0.6 is 0 Å². The number of carbonyl (C=O) groups is 1. The summed E-state index contributed by atoms with van der Waals surface area (Å²) in [7, 11) is 1.21. The summed E-state index contributed by atoms with van der Waals surface area (Å²) >= 11 is 0. The Morgan fingerprint density at radius 2 is 2.04 bits per heavy atom. The molecule has 0 bridgehead atoms. The average Bonchev–Trinajstić information content (AvgIpc) is 3.22. The van der Waals surface area contributed by atoms with Crippen LogP contribution in [0.2, 0.25) is 0 Å². The lowest BCUT2D eigenvalue weighted by molar-refractivity contribution is -0.0511. The molecule has 0 saturated carbocycles. The Morgan fingerprint density at radius 3 is 2.70 bits per heavy atom. The van der Waals surface area contributed by atoms with Gasteiger partial charge < -0.3 is 24.8 Å². The number of hydrogen-bond donors (Lipinski definition) is 3. The van der Waals surface area contributed by atoms with E-state index in [0.29, 0.717) is 5.52 Å². The topological polar surface area (TPSA) is 148 Å². The molecule has 4 heterocycles. The Kier molecular flexibility index (Phi) is 4.15. The molecule has 4 atom stereocenters. The number of hydrogen-bond acceptors (Lipinski definition) is 9. The highest BCUT2D eigenvalue weighted by Crippen LogP contribution is 2.31. The molecule has 0 spiro atoms. The zero-order chi connectivity index (χ0) is 19.3. The maximum absolute atomic E-state index is 12.3. The number of carbonyl (C=O) groups excluding carboxylic acids is 1. The molecule has 0 radical (unpaired) electrons. The number of methoxy groups -OCH3 is 1.